The predicted molar refractivity (Wildman–Crippen MR) is 122 cm³/mol. The molecule has 0 aliphatic rings. The third-order valence-electron chi connectivity index (χ3n) is 4.45. The molecule has 10 heteroatoms. The molecule has 31 heavy (non-hydrogen) atoms. The predicted octanol–water partition coefficient (Wildman–Crippen LogP) is 4.38. The molecule has 1 amide bonds. The topological polar surface area (TPSA) is 87.5 Å². The van der Waals surface area contributed by atoms with Gasteiger partial charge in [-0.3, -0.25) is 4.79 Å². The number of methoxy groups -OCH3 is 3. The zero-order valence-corrected chi connectivity index (χ0v) is 19.2. The van der Waals surface area contributed by atoms with Gasteiger partial charge in [-0.2, -0.15) is 0 Å². The molecule has 0 aliphatic carbocycles. The average molecular weight is 463 g/mol. The van der Waals surface area contributed by atoms with Crippen LogP contribution in [0.2, 0.25) is 5.02 Å². The van der Waals surface area contributed by atoms with E-state index in [4.69, 9.17) is 25.8 Å². The zero-order valence-electron chi connectivity index (χ0n) is 17.6. The summed E-state index contributed by atoms with van der Waals surface area (Å²) in [6.45, 7) is 2.60. The van der Waals surface area contributed by atoms with E-state index in [0.717, 1.165) is 5.56 Å². The van der Waals surface area contributed by atoms with E-state index in [1.807, 2.05) is 11.5 Å². The first-order chi connectivity index (χ1) is 15.0. The normalized spacial score (nSPS) is 10.6. The van der Waals surface area contributed by atoms with Crippen molar-refractivity contribution in [3.8, 4) is 28.6 Å². The van der Waals surface area contributed by atoms with Crippen molar-refractivity contribution in [1.29, 1.82) is 0 Å². The lowest BCUT2D eigenvalue weighted by atomic mass is 10.2. The molecule has 0 atom stereocenters. The molecule has 3 rings (SSSR count). The molecular weight excluding hydrogens is 440 g/mol. The Kier molecular flexibility index (Phi) is 7.64. The Balaban J connectivity index is 1.76. The van der Waals surface area contributed by atoms with Crippen molar-refractivity contribution in [1.82, 2.24) is 14.8 Å². The van der Waals surface area contributed by atoms with Gasteiger partial charge >= 0.3 is 0 Å². The maximum atomic E-state index is 12.6. The first-order valence-electron chi connectivity index (χ1n) is 9.42. The molecular formula is C21H23ClN4O4S. The average Bonchev–Trinajstić information content (AvgIpc) is 3.20. The molecule has 0 unspecified atom stereocenters. The second kappa shape index (κ2) is 10.4. The summed E-state index contributed by atoms with van der Waals surface area (Å²) in [6.07, 6.45) is 0. The van der Waals surface area contributed by atoms with Crippen LogP contribution in [0, 0.1) is 0 Å². The van der Waals surface area contributed by atoms with Crippen molar-refractivity contribution < 1.29 is 19.0 Å². The highest BCUT2D eigenvalue weighted by atomic mass is 35.5. The number of benzene rings is 2. The van der Waals surface area contributed by atoms with Crippen LogP contribution in [0.4, 0.5) is 5.69 Å². The molecule has 0 bridgehead atoms. The highest BCUT2D eigenvalue weighted by Gasteiger charge is 2.18. The number of hydrogen-bond acceptors (Lipinski definition) is 7. The Morgan fingerprint density at radius 2 is 1.81 bits per heavy atom. The van der Waals surface area contributed by atoms with E-state index < -0.39 is 0 Å². The fourth-order valence-electron chi connectivity index (χ4n) is 2.96. The van der Waals surface area contributed by atoms with E-state index in [-0.39, 0.29) is 11.7 Å². The third kappa shape index (κ3) is 5.23. The summed E-state index contributed by atoms with van der Waals surface area (Å²) in [6, 6.07) is 10.5. The summed E-state index contributed by atoms with van der Waals surface area (Å²) in [5.41, 5.74) is 1.27. The second-order valence-electron chi connectivity index (χ2n) is 6.30. The SMILES string of the molecule is CCn1c(SCC(=O)Nc2cc(OC)ccc2OC)nnc1-c1cc(Cl)ccc1OC. The first kappa shape index (κ1) is 22.8. The molecule has 3 aromatic rings. The smallest absolute Gasteiger partial charge is 0.234 e. The summed E-state index contributed by atoms with van der Waals surface area (Å²) in [5, 5.41) is 12.6. The minimum absolute atomic E-state index is 0.144. The number of ether oxygens (including phenoxy) is 3. The summed E-state index contributed by atoms with van der Waals surface area (Å²) < 4.78 is 17.9. The lowest BCUT2D eigenvalue weighted by Gasteiger charge is -2.12. The number of carbonyl (C=O) groups is 1. The van der Waals surface area contributed by atoms with Gasteiger partial charge < -0.3 is 24.1 Å². The van der Waals surface area contributed by atoms with Gasteiger partial charge in [0.1, 0.15) is 17.2 Å². The van der Waals surface area contributed by atoms with Crippen LogP contribution in [0.15, 0.2) is 41.6 Å². The molecule has 2 aromatic carbocycles. The number of carbonyl (C=O) groups excluding carboxylic acids is 1. The van der Waals surface area contributed by atoms with Gasteiger partial charge in [0, 0.05) is 17.6 Å². The number of aromatic nitrogens is 3. The molecule has 0 aliphatic heterocycles. The van der Waals surface area contributed by atoms with Crippen LogP contribution in [-0.2, 0) is 11.3 Å². The minimum atomic E-state index is -0.205. The van der Waals surface area contributed by atoms with Crippen LogP contribution >= 0.6 is 23.4 Å². The van der Waals surface area contributed by atoms with Crippen LogP contribution in [-0.4, -0.2) is 47.8 Å². The number of hydrogen-bond donors (Lipinski definition) is 1. The van der Waals surface area contributed by atoms with E-state index in [0.29, 0.717) is 45.5 Å². The maximum absolute atomic E-state index is 12.6. The standard InChI is InChI=1S/C21H23ClN4O4S/c1-5-26-20(15-10-13(22)6-8-17(15)29-3)24-25-21(26)31-12-19(27)23-16-11-14(28-2)7-9-18(16)30-4/h6-11H,5,12H2,1-4H3,(H,23,27). The van der Waals surface area contributed by atoms with Crippen molar-refractivity contribution in [2.75, 3.05) is 32.4 Å². The first-order valence-corrected chi connectivity index (χ1v) is 10.8. The Morgan fingerprint density at radius 3 is 2.48 bits per heavy atom. The Bertz CT molecular complexity index is 1070. The van der Waals surface area contributed by atoms with Crippen LogP contribution in [0.25, 0.3) is 11.4 Å². The molecule has 1 N–H and O–H groups in total. The molecule has 1 aromatic heterocycles. The monoisotopic (exact) mass is 462 g/mol. The van der Waals surface area contributed by atoms with E-state index >= 15 is 0 Å². The van der Waals surface area contributed by atoms with Crippen LogP contribution in [0.1, 0.15) is 6.92 Å². The Morgan fingerprint density at radius 1 is 1.06 bits per heavy atom. The summed E-state index contributed by atoms with van der Waals surface area (Å²) in [7, 11) is 4.70. The zero-order chi connectivity index (χ0) is 22.4. The largest absolute Gasteiger partial charge is 0.497 e. The fourth-order valence-corrected chi connectivity index (χ4v) is 3.94. The number of nitrogens with one attached hydrogen (secondary N) is 1. The van der Waals surface area contributed by atoms with Gasteiger partial charge in [-0.05, 0) is 37.3 Å². The van der Waals surface area contributed by atoms with Crippen molar-refractivity contribution in [2.24, 2.45) is 0 Å². The molecule has 0 radical (unpaired) electrons. The van der Waals surface area contributed by atoms with E-state index in [1.54, 1.807) is 57.7 Å². The van der Waals surface area contributed by atoms with Gasteiger partial charge in [0.05, 0.1) is 38.3 Å². The van der Waals surface area contributed by atoms with Crippen LogP contribution < -0.4 is 19.5 Å². The quantitative estimate of drug-likeness (QED) is 0.472. The molecule has 0 saturated heterocycles. The number of thioether (sulfide) groups is 1. The Hall–Kier alpha value is -2.91. The molecule has 1 heterocycles. The summed E-state index contributed by atoms with van der Waals surface area (Å²) in [5.74, 6) is 2.38. The number of rotatable bonds is 9. The Labute approximate surface area is 189 Å². The van der Waals surface area contributed by atoms with Gasteiger partial charge in [-0.25, -0.2) is 0 Å². The molecule has 0 spiro atoms. The van der Waals surface area contributed by atoms with Crippen molar-refractivity contribution in [3.63, 3.8) is 0 Å². The van der Waals surface area contributed by atoms with Crippen molar-refractivity contribution in [3.05, 3.63) is 41.4 Å². The number of anilines is 1. The van der Waals surface area contributed by atoms with Gasteiger partial charge in [0.25, 0.3) is 0 Å². The highest BCUT2D eigenvalue weighted by Crippen LogP contribution is 2.33. The van der Waals surface area contributed by atoms with Gasteiger partial charge in [-0.1, -0.05) is 23.4 Å². The fraction of sp³-hybridized carbons (Fsp3) is 0.286. The lowest BCUT2D eigenvalue weighted by Crippen LogP contribution is -2.15. The minimum Gasteiger partial charge on any atom is -0.497 e. The summed E-state index contributed by atoms with van der Waals surface area (Å²) in [4.78, 5) is 12.6. The lowest BCUT2D eigenvalue weighted by molar-refractivity contribution is -0.113. The van der Waals surface area contributed by atoms with Gasteiger partial charge in [0.15, 0.2) is 11.0 Å². The van der Waals surface area contributed by atoms with Crippen molar-refractivity contribution in [2.45, 2.75) is 18.6 Å². The summed E-state index contributed by atoms with van der Waals surface area (Å²) >= 11 is 7.45. The van der Waals surface area contributed by atoms with Crippen molar-refractivity contribution >= 4 is 35.0 Å². The molecule has 0 saturated carbocycles. The molecule has 0 fully saturated rings. The van der Waals surface area contributed by atoms with Gasteiger partial charge in [0.2, 0.25) is 5.91 Å². The second-order valence-corrected chi connectivity index (χ2v) is 7.68. The maximum Gasteiger partial charge on any atom is 0.234 e. The number of halogens is 1. The third-order valence-corrected chi connectivity index (χ3v) is 5.65. The number of nitrogens with zero attached hydrogens (tertiary/aromatic N) is 3. The number of amides is 1. The van der Waals surface area contributed by atoms with Crippen LogP contribution in [0.5, 0.6) is 17.2 Å². The van der Waals surface area contributed by atoms with E-state index in [1.165, 1.54) is 11.8 Å². The highest BCUT2D eigenvalue weighted by molar-refractivity contribution is 7.99. The van der Waals surface area contributed by atoms with E-state index in [9.17, 15) is 4.79 Å². The van der Waals surface area contributed by atoms with E-state index in [2.05, 4.69) is 15.5 Å². The van der Waals surface area contributed by atoms with Crippen LogP contribution in [0.3, 0.4) is 0 Å². The molecule has 164 valence electrons. The van der Waals surface area contributed by atoms with Gasteiger partial charge in [-0.15, -0.1) is 10.2 Å². The molecule has 8 nitrogen and oxygen atoms in total.